The lowest BCUT2D eigenvalue weighted by Gasteiger charge is -2.28. The van der Waals surface area contributed by atoms with Gasteiger partial charge in [-0.2, -0.15) is 5.10 Å². The molecule has 5 rings (SSSR count). The molecule has 1 amide bonds. The monoisotopic (exact) mass is 528 g/mol. The number of carbonyl (C=O) groups is 1. The van der Waals surface area contributed by atoms with Crippen molar-refractivity contribution in [3.8, 4) is 17.2 Å². The Hall–Kier alpha value is -4.17. The molecule has 39 heavy (non-hydrogen) atoms. The zero-order valence-electron chi connectivity index (χ0n) is 22.3. The molecule has 0 unspecified atom stereocenters. The lowest BCUT2D eigenvalue weighted by molar-refractivity contribution is -0.133. The molecule has 1 aromatic heterocycles. The molecule has 4 aromatic rings. The summed E-state index contributed by atoms with van der Waals surface area (Å²) in [4.78, 5) is 17.2. The van der Waals surface area contributed by atoms with E-state index in [4.69, 9.17) is 14.6 Å². The van der Waals surface area contributed by atoms with Crippen LogP contribution in [-0.2, 0) is 30.8 Å². The van der Waals surface area contributed by atoms with Gasteiger partial charge >= 0.3 is 0 Å². The third-order valence-corrected chi connectivity index (χ3v) is 7.03. The predicted octanol–water partition coefficient (Wildman–Crippen LogP) is 5.01. The molecule has 3 aromatic carbocycles. The van der Waals surface area contributed by atoms with Crippen molar-refractivity contribution in [1.29, 1.82) is 0 Å². The van der Waals surface area contributed by atoms with Gasteiger partial charge in [0, 0.05) is 38.2 Å². The first-order valence-corrected chi connectivity index (χ1v) is 13.2. The summed E-state index contributed by atoms with van der Waals surface area (Å²) in [5.74, 6) is 1.07. The van der Waals surface area contributed by atoms with Crippen LogP contribution in [0.15, 0.2) is 78.9 Å². The fraction of sp³-hybridized carbons (Fsp3) is 0.290. The Morgan fingerprint density at radius 1 is 1.03 bits per heavy atom. The van der Waals surface area contributed by atoms with Crippen LogP contribution in [0, 0.1) is 5.82 Å². The lowest BCUT2D eigenvalue weighted by Crippen LogP contribution is -2.35. The largest absolute Gasteiger partial charge is 0.494 e. The molecule has 202 valence electrons. The zero-order chi connectivity index (χ0) is 27.2. The van der Waals surface area contributed by atoms with Gasteiger partial charge in [-0.25, -0.2) is 9.07 Å². The molecule has 7 nitrogen and oxygen atoms in total. The average molecular weight is 529 g/mol. The summed E-state index contributed by atoms with van der Waals surface area (Å²) in [6.45, 7) is 5.07. The zero-order valence-corrected chi connectivity index (χ0v) is 22.3. The van der Waals surface area contributed by atoms with Gasteiger partial charge in [-0.05, 0) is 48.9 Å². The Morgan fingerprint density at radius 3 is 2.51 bits per heavy atom. The maximum Gasteiger partial charge on any atom is 0.260 e. The van der Waals surface area contributed by atoms with Gasteiger partial charge in [-0.3, -0.25) is 9.69 Å². The quantitative estimate of drug-likeness (QED) is 0.290. The van der Waals surface area contributed by atoms with Gasteiger partial charge in [-0.1, -0.05) is 42.5 Å². The summed E-state index contributed by atoms with van der Waals surface area (Å²) in [7, 11) is 1.66. The van der Waals surface area contributed by atoms with E-state index in [1.807, 2.05) is 78.3 Å². The first-order valence-electron chi connectivity index (χ1n) is 13.2. The fourth-order valence-corrected chi connectivity index (χ4v) is 4.97. The van der Waals surface area contributed by atoms with Crippen LogP contribution in [0.5, 0.6) is 11.5 Å². The van der Waals surface area contributed by atoms with E-state index in [1.165, 1.54) is 12.1 Å². The van der Waals surface area contributed by atoms with E-state index in [1.54, 1.807) is 12.0 Å². The van der Waals surface area contributed by atoms with Gasteiger partial charge in [0.2, 0.25) is 0 Å². The number of benzene rings is 3. The Bertz CT molecular complexity index is 1410. The first-order chi connectivity index (χ1) is 19.1. The van der Waals surface area contributed by atoms with Crippen molar-refractivity contribution in [3.63, 3.8) is 0 Å². The predicted molar refractivity (Wildman–Crippen MR) is 147 cm³/mol. The molecule has 2 heterocycles. The number of fused-ring (bicyclic) bond motifs is 1. The van der Waals surface area contributed by atoms with Gasteiger partial charge in [-0.15, -0.1) is 0 Å². The number of ether oxygens (including phenoxy) is 2. The molecule has 1 aliphatic heterocycles. The highest BCUT2D eigenvalue weighted by molar-refractivity contribution is 5.77. The topological polar surface area (TPSA) is 59.8 Å². The summed E-state index contributed by atoms with van der Waals surface area (Å²) in [6.07, 6.45) is 0.790. The Kier molecular flexibility index (Phi) is 8.22. The van der Waals surface area contributed by atoms with Crippen molar-refractivity contribution >= 4 is 5.91 Å². The Balaban J connectivity index is 1.42. The second-order valence-corrected chi connectivity index (χ2v) is 9.55. The second-order valence-electron chi connectivity index (χ2n) is 9.55. The van der Waals surface area contributed by atoms with Gasteiger partial charge < -0.3 is 14.4 Å². The average Bonchev–Trinajstić information content (AvgIpc) is 3.33. The van der Waals surface area contributed by atoms with E-state index in [0.717, 1.165) is 46.9 Å². The minimum absolute atomic E-state index is 0.0377. The minimum Gasteiger partial charge on any atom is -0.494 e. The van der Waals surface area contributed by atoms with Crippen LogP contribution in [0.4, 0.5) is 4.39 Å². The molecule has 0 atom stereocenters. The molecular formula is C31H33FN4O3. The van der Waals surface area contributed by atoms with Crippen LogP contribution >= 0.6 is 0 Å². The third-order valence-electron chi connectivity index (χ3n) is 7.03. The first kappa shape index (κ1) is 26.4. The number of hydrogen-bond acceptors (Lipinski definition) is 5. The van der Waals surface area contributed by atoms with Crippen molar-refractivity contribution < 1.29 is 18.7 Å². The molecule has 0 N–H and O–H groups in total. The molecule has 0 radical (unpaired) electrons. The highest BCUT2D eigenvalue weighted by Crippen LogP contribution is 2.31. The van der Waals surface area contributed by atoms with E-state index in [2.05, 4.69) is 4.90 Å². The van der Waals surface area contributed by atoms with Crippen LogP contribution in [0.1, 0.15) is 29.4 Å². The summed E-state index contributed by atoms with van der Waals surface area (Å²) in [5, 5.41) is 5.04. The molecule has 8 heteroatoms. The lowest BCUT2D eigenvalue weighted by atomic mass is 10.0. The smallest absolute Gasteiger partial charge is 0.260 e. The van der Waals surface area contributed by atoms with Crippen LogP contribution in [-0.4, -0.2) is 52.3 Å². The maximum absolute atomic E-state index is 13.4. The van der Waals surface area contributed by atoms with Crippen LogP contribution in [0.3, 0.4) is 0 Å². The van der Waals surface area contributed by atoms with Crippen LogP contribution in [0.25, 0.3) is 5.69 Å². The van der Waals surface area contributed by atoms with Crippen LogP contribution < -0.4 is 9.47 Å². The maximum atomic E-state index is 13.4. The number of rotatable bonds is 10. The fourth-order valence-electron chi connectivity index (χ4n) is 4.97. The SMILES string of the molecule is CCN(Cc1nn(-c2ccccc2OC)c2c1CN(Cc1ccc(F)cc1)CC2)C(=O)COc1ccccc1. The highest BCUT2D eigenvalue weighted by Gasteiger charge is 2.28. The van der Waals surface area contributed by atoms with E-state index in [-0.39, 0.29) is 18.3 Å². The van der Waals surface area contributed by atoms with Crippen molar-refractivity contribution in [2.45, 2.75) is 33.0 Å². The molecule has 0 aliphatic carbocycles. The standard InChI is InChI=1S/C31H33FN4O3/c1-3-35(31(37)22-39-25-9-5-4-6-10-25)21-27-26-20-34(19-23-13-15-24(32)16-14-23)18-17-28(26)36(33-27)29-11-7-8-12-30(29)38-2/h4-16H,3,17-22H2,1-2H3. The van der Waals surface area contributed by atoms with Gasteiger partial charge in [0.05, 0.1) is 25.0 Å². The molecular weight excluding hydrogens is 495 g/mol. The number of halogens is 1. The Morgan fingerprint density at radius 2 is 1.77 bits per heavy atom. The molecule has 0 saturated heterocycles. The van der Waals surface area contributed by atoms with Crippen LogP contribution in [0.2, 0.25) is 0 Å². The van der Waals surface area contributed by atoms with Gasteiger partial charge in [0.25, 0.3) is 5.91 Å². The van der Waals surface area contributed by atoms with Crippen molar-refractivity contribution in [1.82, 2.24) is 19.6 Å². The van der Waals surface area contributed by atoms with E-state index in [9.17, 15) is 9.18 Å². The number of amides is 1. The summed E-state index contributed by atoms with van der Waals surface area (Å²) >= 11 is 0. The molecule has 0 bridgehead atoms. The number of likely N-dealkylation sites (N-methyl/N-ethyl adjacent to an activating group) is 1. The molecule has 0 saturated carbocycles. The minimum atomic E-state index is -0.236. The third kappa shape index (κ3) is 6.12. The van der Waals surface area contributed by atoms with Gasteiger partial charge in [0.15, 0.2) is 6.61 Å². The molecule has 1 aliphatic rings. The van der Waals surface area contributed by atoms with E-state index >= 15 is 0 Å². The number of para-hydroxylation sites is 3. The van der Waals surface area contributed by atoms with Crippen molar-refractivity contribution in [3.05, 3.63) is 107 Å². The Labute approximate surface area is 228 Å². The molecule has 0 spiro atoms. The van der Waals surface area contributed by atoms with Gasteiger partial charge in [0.1, 0.15) is 23.0 Å². The molecule has 0 fully saturated rings. The normalized spacial score (nSPS) is 13.1. The van der Waals surface area contributed by atoms with E-state index in [0.29, 0.717) is 31.9 Å². The van der Waals surface area contributed by atoms with Crippen molar-refractivity contribution in [2.24, 2.45) is 0 Å². The number of hydrogen-bond donors (Lipinski definition) is 0. The summed E-state index contributed by atoms with van der Waals surface area (Å²) in [6, 6.07) is 23.8. The second kappa shape index (κ2) is 12.1. The number of aromatic nitrogens is 2. The highest BCUT2D eigenvalue weighted by atomic mass is 19.1. The number of nitrogens with zero attached hydrogens (tertiary/aromatic N) is 4. The number of carbonyl (C=O) groups excluding carboxylic acids is 1. The summed E-state index contributed by atoms with van der Waals surface area (Å²) < 4.78 is 26.8. The number of methoxy groups -OCH3 is 1. The van der Waals surface area contributed by atoms with Crippen molar-refractivity contribution in [2.75, 3.05) is 26.8 Å². The summed E-state index contributed by atoms with van der Waals surface area (Å²) in [5.41, 5.74) is 5.02. The van der Waals surface area contributed by atoms with E-state index < -0.39 is 0 Å².